The Morgan fingerprint density at radius 2 is 1.92 bits per heavy atom. The van der Waals surface area contributed by atoms with Crippen LogP contribution in [0.2, 0.25) is 5.02 Å². The van der Waals surface area contributed by atoms with Gasteiger partial charge in [-0.15, -0.1) is 0 Å². The quantitative estimate of drug-likeness (QED) is 0.747. The molecule has 136 valence electrons. The Labute approximate surface area is 157 Å². The van der Waals surface area contributed by atoms with Crippen LogP contribution in [0.15, 0.2) is 30.6 Å². The number of aryl methyl sites for hydroxylation is 2. The molecule has 0 fully saturated rings. The van der Waals surface area contributed by atoms with Gasteiger partial charge >= 0.3 is 0 Å². The summed E-state index contributed by atoms with van der Waals surface area (Å²) in [6, 6.07) is 7.19. The lowest BCUT2D eigenvalue weighted by molar-refractivity contribution is -0.121. The molecule has 0 unspecified atom stereocenters. The van der Waals surface area contributed by atoms with Gasteiger partial charge in [0.25, 0.3) is 0 Å². The molecule has 0 aliphatic rings. The highest BCUT2D eigenvalue weighted by Gasteiger charge is 2.18. The van der Waals surface area contributed by atoms with Gasteiger partial charge in [-0.25, -0.2) is 9.67 Å². The van der Waals surface area contributed by atoms with Crippen molar-refractivity contribution in [2.45, 2.75) is 33.2 Å². The monoisotopic (exact) mass is 372 g/mol. The molecule has 8 heteroatoms. The van der Waals surface area contributed by atoms with Crippen molar-refractivity contribution >= 4 is 17.5 Å². The number of nitrogens with zero attached hydrogens (tertiary/aromatic N) is 5. The maximum atomic E-state index is 12.5. The maximum Gasteiger partial charge on any atom is 0.225 e. The van der Waals surface area contributed by atoms with Crippen molar-refractivity contribution in [2.24, 2.45) is 7.05 Å². The highest BCUT2D eigenvalue weighted by Crippen LogP contribution is 2.20. The van der Waals surface area contributed by atoms with Gasteiger partial charge in [0.15, 0.2) is 5.82 Å². The van der Waals surface area contributed by atoms with E-state index in [1.807, 2.05) is 49.7 Å². The molecule has 0 saturated heterocycles. The number of hydrogen-bond acceptors (Lipinski definition) is 4. The van der Waals surface area contributed by atoms with Crippen LogP contribution in [0.1, 0.15) is 35.7 Å². The maximum absolute atomic E-state index is 12.5. The Morgan fingerprint density at radius 3 is 2.54 bits per heavy atom. The number of rotatable bonds is 5. The highest BCUT2D eigenvalue weighted by molar-refractivity contribution is 6.30. The number of aromatic nitrogens is 5. The summed E-state index contributed by atoms with van der Waals surface area (Å²) in [4.78, 5) is 16.6. The van der Waals surface area contributed by atoms with Crippen molar-refractivity contribution in [3.8, 4) is 5.69 Å². The van der Waals surface area contributed by atoms with E-state index in [4.69, 9.17) is 11.6 Å². The van der Waals surface area contributed by atoms with Gasteiger partial charge in [-0.3, -0.25) is 9.48 Å². The molecule has 1 aromatic carbocycles. The van der Waals surface area contributed by atoms with E-state index in [2.05, 4.69) is 20.5 Å². The first-order valence-electron chi connectivity index (χ1n) is 8.31. The normalized spacial score (nSPS) is 12.2. The van der Waals surface area contributed by atoms with Crippen LogP contribution in [0.3, 0.4) is 0 Å². The molecular weight excluding hydrogens is 352 g/mol. The van der Waals surface area contributed by atoms with Gasteiger partial charge in [-0.2, -0.15) is 10.2 Å². The average Bonchev–Trinajstić information content (AvgIpc) is 3.14. The number of hydrogen-bond donors (Lipinski definition) is 1. The molecule has 1 N–H and O–H groups in total. The lowest BCUT2D eigenvalue weighted by atomic mass is 10.1. The van der Waals surface area contributed by atoms with E-state index in [0.717, 1.165) is 22.6 Å². The fourth-order valence-electron chi connectivity index (χ4n) is 2.84. The Hall–Kier alpha value is -2.67. The molecule has 2 aromatic heterocycles. The van der Waals surface area contributed by atoms with Gasteiger partial charge in [-0.1, -0.05) is 11.6 Å². The Bertz CT molecular complexity index is 928. The molecular formula is C18H21ClN6O. The first-order chi connectivity index (χ1) is 12.3. The molecule has 2 heterocycles. The zero-order chi connectivity index (χ0) is 18.8. The second kappa shape index (κ2) is 7.29. The van der Waals surface area contributed by atoms with Gasteiger partial charge in [0.2, 0.25) is 5.91 Å². The minimum Gasteiger partial charge on any atom is -0.346 e. The Kier molecular flexibility index (Phi) is 5.08. The van der Waals surface area contributed by atoms with E-state index < -0.39 is 0 Å². The standard InChI is InChI=1S/C18H21ClN6O/c1-11-16(9-17(26)21-12(2)18-20-10-24(4)23-18)13(3)25(22-11)15-7-5-14(19)6-8-15/h5-8,10,12H,9H2,1-4H3,(H,21,26)/t12-/m1/s1. The molecule has 0 aliphatic heterocycles. The number of benzene rings is 1. The van der Waals surface area contributed by atoms with Crippen LogP contribution < -0.4 is 5.32 Å². The third kappa shape index (κ3) is 3.77. The summed E-state index contributed by atoms with van der Waals surface area (Å²) in [5.41, 5.74) is 3.59. The van der Waals surface area contributed by atoms with Crippen molar-refractivity contribution < 1.29 is 4.79 Å². The summed E-state index contributed by atoms with van der Waals surface area (Å²) in [5.74, 6) is 0.498. The summed E-state index contributed by atoms with van der Waals surface area (Å²) >= 11 is 5.95. The predicted molar refractivity (Wildman–Crippen MR) is 99.3 cm³/mol. The van der Waals surface area contributed by atoms with Gasteiger partial charge in [0.1, 0.15) is 6.33 Å². The zero-order valence-corrected chi connectivity index (χ0v) is 15.9. The summed E-state index contributed by atoms with van der Waals surface area (Å²) in [6.07, 6.45) is 1.87. The predicted octanol–water partition coefficient (Wildman–Crippen LogP) is 2.69. The molecule has 1 atom stereocenters. The lowest BCUT2D eigenvalue weighted by Crippen LogP contribution is -2.29. The minimum atomic E-state index is -0.254. The van der Waals surface area contributed by atoms with E-state index in [0.29, 0.717) is 10.8 Å². The van der Waals surface area contributed by atoms with Crippen LogP contribution in [0, 0.1) is 13.8 Å². The molecule has 0 spiro atoms. The van der Waals surface area contributed by atoms with Crippen LogP contribution in [-0.2, 0) is 18.3 Å². The van der Waals surface area contributed by atoms with Crippen molar-refractivity contribution in [3.63, 3.8) is 0 Å². The molecule has 3 rings (SSSR count). The van der Waals surface area contributed by atoms with Gasteiger partial charge in [0.05, 0.1) is 23.8 Å². The average molecular weight is 373 g/mol. The van der Waals surface area contributed by atoms with Crippen molar-refractivity contribution in [1.82, 2.24) is 29.9 Å². The fraction of sp³-hybridized carbons (Fsp3) is 0.333. The van der Waals surface area contributed by atoms with Gasteiger partial charge < -0.3 is 5.32 Å². The number of carbonyl (C=O) groups is 1. The number of carbonyl (C=O) groups excluding carboxylic acids is 1. The summed E-state index contributed by atoms with van der Waals surface area (Å²) in [6.45, 7) is 5.73. The second-order valence-electron chi connectivity index (χ2n) is 6.28. The van der Waals surface area contributed by atoms with Gasteiger partial charge in [-0.05, 0) is 45.0 Å². The number of halogens is 1. The summed E-state index contributed by atoms with van der Waals surface area (Å²) in [5, 5.41) is 12.4. The van der Waals surface area contributed by atoms with Crippen LogP contribution in [0.25, 0.3) is 5.69 Å². The molecule has 7 nitrogen and oxygen atoms in total. The number of amides is 1. The SMILES string of the molecule is Cc1nn(-c2ccc(Cl)cc2)c(C)c1CC(=O)N[C@H](C)c1ncn(C)n1. The van der Waals surface area contributed by atoms with E-state index in [9.17, 15) is 4.79 Å². The van der Waals surface area contributed by atoms with Crippen LogP contribution in [0.4, 0.5) is 0 Å². The van der Waals surface area contributed by atoms with Crippen molar-refractivity contribution in [3.05, 3.63) is 58.4 Å². The molecule has 0 radical (unpaired) electrons. The molecule has 1 amide bonds. The first-order valence-corrected chi connectivity index (χ1v) is 8.69. The Morgan fingerprint density at radius 1 is 1.23 bits per heavy atom. The van der Waals surface area contributed by atoms with Crippen LogP contribution >= 0.6 is 11.6 Å². The molecule has 3 aromatic rings. The third-order valence-electron chi connectivity index (χ3n) is 4.23. The van der Waals surface area contributed by atoms with E-state index in [1.54, 1.807) is 18.1 Å². The van der Waals surface area contributed by atoms with Crippen molar-refractivity contribution in [1.29, 1.82) is 0 Å². The third-order valence-corrected chi connectivity index (χ3v) is 4.48. The second-order valence-corrected chi connectivity index (χ2v) is 6.72. The van der Waals surface area contributed by atoms with E-state index in [1.165, 1.54) is 0 Å². The zero-order valence-electron chi connectivity index (χ0n) is 15.2. The van der Waals surface area contributed by atoms with Crippen molar-refractivity contribution in [2.75, 3.05) is 0 Å². The van der Waals surface area contributed by atoms with Crippen LogP contribution in [0.5, 0.6) is 0 Å². The van der Waals surface area contributed by atoms with Gasteiger partial charge in [0, 0.05) is 23.3 Å². The van der Waals surface area contributed by atoms with E-state index in [-0.39, 0.29) is 18.4 Å². The topological polar surface area (TPSA) is 77.6 Å². The smallest absolute Gasteiger partial charge is 0.225 e. The van der Waals surface area contributed by atoms with E-state index >= 15 is 0 Å². The molecule has 0 saturated carbocycles. The number of nitrogens with one attached hydrogen (secondary N) is 1. The fourth-order valence-corrected chi connectivity index (χ4v) is 2.96. The largest absolute Gasteiger partial charge is 0.346 e. The highest BCUT2D eigenvalue weighted by atomic mass is 35.5. The Balaban J connectivity index is 1.75. The first kappa shape index (κ1) is 18.1. The van der Waals surface area contributed by atoms with Crippen LogP contribution in [-0.4, -0.2) is 30.5 Å². The minimum absolute atomic E-state index is 0.0909. The summed E-state index contributed by atoms with van der Waals surface area (Å²) in [7, 11) is 1.79. The molecule has 0 bridgehead atoms. The summed E-state index contributed by atoms with van der Waals surface area (Å²) < 4.78 is 3.44. The lowest BCUT2D eigenvalue weighted by Gasteiger charge is -2.11. The molecule has 0 aliphatic carbocycles. The molecule has 26 heavy (non-hydrogen) atoms.